The second kappa shape index (κ2) is 3.38. The molecule has 1 rings (SSSR count). The molecule has 0 saturated heterocycles. The predicted molar refractivity (Wildman–Crippen MR) is 48.7 cm³/mol. The van der Waals surface area contributed by atoms with Crippen LogP contribution >= 0.6 is 11.6 Å². The van der Waals surface area contributed by atoms with Crippen molar-refractivity contribution in [1.29, 1.82) is 5.26 Å². The van der Waals surface area contributed by atoms with E-state index in [1.165, 1.54) is 0 Å². The van der Waals surface area contributed by atoms with Crippen LogP contribution in [0.3, 0.4) is 0 Å². The summed E-state index contributed by atoms with van der Waals surface area (Å²) in [4.78, 5) is 3.86. The molecule has 1 heterocycles. The molecule has 0 radical (unpaired) electrons. The fourth-order valence-corrected chi connectivity index (χ4v) is 0.962. The van der Waals surface area contributed by atoms with E-state index in [9.17, 15) is 0 Å². The maximum absolute atomic E-state index is 8.53. The summed E-state index contributed by atoms with van der Waals surface area (Å²) in [5.74, 6) is 0. The minimum Gasteiger partial charge on any atom is -0.243 e. The SMILES string of the molecule is C=C(C)c1cnc(C#N)c(Cl)c1. The first-order chi connectivity index (χ1) is 5.65. The van der Waals surface area contributed by atoms with E-state index in [2.05, 4.69) is 11.6 Å². The Labute approximate surface area is 76.1 Å². The van der Waals surface area contributed by atoms with Crippen molar-refractivity contribution in [2.75, 3.05) is 0 Å². The molecule has 0 aliphatic carbocycles. The van der Waals surface area contributed by atoms with Crippen LogP contribution in [0.2, 0.25) is 5.02 Å². The van der Waals surface area contributed by atoms with E-state index in [1.807, 2.05) is 13.0 Å². The van der Waals surface area contributed by atoms with Crippen LogP contribution in [0.25, 0.3) is 5.57 Å². The van der Waals surface area contributed by atoms with E-state index < -0.39 is 0 Å². The van der Waals surface area contributed by atoms with Gasteiger partial charge in [0.2, 0.25) is 0 Å². The van der Waals surface area contributed by atoms with Gasteiger partial charge in [-0.3, -0.25) is 0 Å². The summed E-state index contributed by atoms with van der Waals surface area (Å²) in [5.41, 5.74) is 1.99. The molecule has 0 spiro atoms. The summed E-state index contributed by atoms with van der Waals surface area (Å²) in [6.07, 6.45) is 1.59. The Hall–Kier alpha value is -1.33. The Morgan fingerprint density at radius 3 is 2.83 bits per heavy atom. The number of nitrogens with zero attached hydrogens (tertiary/aromatic N) is 2. The third-order valence-corrected chi connectivity index (χ3v) is 1.73. The van der Waals surface area contributed by atoms with E-state index in [-0.39, 0.29) is 5.69 Å². The van der Waals surface area contributed by atoms with Gasteiger partial charge in [-0.1, -0.05) is 18.2 Å². The van der Waals surface area contributed by atoms with Crippen LogP contribution in [0, 0.1) is 11.3 Å². The Morgan fingerprint density at radius 2 is 2.42 bits per heavy atom. The molecule has 0 N–H and O–H groups in total. The van der Waals surface area contributed by atoms with Gasteiger partial charge in [-0.25, -0.2) is 4.98 Å². The third-order valence-electron chi connectivity index (χ3n) is 1.44. The van der Waals surface area contributed by atoms with Gasteiger partial charge in [0.05, 0.1) is 5.02 Å². The first-order valence-electron chi connectivity index (χ1n) is 3.36. The lowest BCUT2D eigenvalue weighted by Gasteiger charge is -1.99. The molecular weight excluding hydrogens is 172 g/mol. The summed E-state index contributed by atoms with van der Waals surface area (Å²) in [6.45, 7) is 5.60. The number of aromatic nitrogens is 1. The average molecular weight is 179 g/mol. The van der Waals surface area contributed by atoms with Crippen LogP contribution in [0.5, 0.6) is 0 Å². The average Bonchev–Trinajstić information content (AvgIpc) is 2.04. The largest absolute Gasteiger partial charge is 0.243 e. The van der Waals surface area contributed by atoms with Crippen molar-refractivity contribution >= 4 is 17.2 Å². The van der Waals surface area contributed by atoms with Gasteiger partial charge in [0, 0.05) is 6.20 Å². The number of pyridine rings is 1. The molecule has 0 fully saturated rings. The summed E-state index contributed by atoms with van der Waals surface area (Å²) in [5, 5.41) is 8.90. The van der Waals surface area contributed by atoms with E-state index in [0.29, 0.717) is 5.02 Å². The van der Waals surface area contributed by atoms with Gasteiger partial charge in [-0.15, -0.1) is 0 Å². The zero-order chi connectivity index (χ0) is 9.14. The van der Waals surface area contributed by atoms with Crippen molar-refractivity contribution < 1.29 is 0 Å². The van der Waals surface area contributed by atoms with Gasteiger partial charge in [0.1, 0.15) is 6.07 Å². The first-order valence-corrected chi connectivity index (χ1v) is 3.74. The van der Waals surface area contributed by atoms with Crippen LogP contribution in [0.15, 0.2) is 18.8 Å². The lowest BCUT2D eigenvalue weighted by Crippen LogP contribution is -1.86. The van der Waals surface area contributed by atoms with Gasteiger partial charge < -0.3 is 0 Å². The van der Waals surface area contributed by atoms with Gasteiger partial charge in [-0.05, 0) is 24.1 Å². The highest BCUT2D eigenvalue weighted by atomic mass is 35.5. The van der Waals surface area contributed by atoms with Crippen LogP contribution in [0.1, 0.15) is 18.2 Å². The monoisotopic (exact) mass is 178 g/mol. The number of rotatable bonds is 1. The molecule has 2 nitrogen and oxygen atoms in total. The Bertz CT molecular complexity index is 363. The van der Waals surface area contributed by atoms with E-state index in [0.717, 1.165) is 11.1 Å². The molecule has 3 heteroatoms. The highest BCUT2D eigenvalue weighted by Gasteiger charge is 2.01. The smallest absolute Gasteiger partial charge is 0.159 e. The number of halogens is 1. The Morgan fingerprint density at radius 1 is 1.75 bits per heavy atom. The maximum Gasteiger partial charge on any atom is 0.159 e. The molecule has 0 unspecified atom stereocenters. The molecule has 12 heavy (non-hydrogen) atoms. The minimum atomic E-state index is 0.252. The molecule has 0 bridgehead atoms. The van der Waals surface area contributed by atoms with E-state index >= 15 is 0 Å². The molecule has 1 aromatic heterocycles. The molecule has 0 aromatic carbocycles. The number of allylic oxidation sites excluding steroid dienone is 1. The fraction of sp³-hybridized carbons (Fsp3) is 0.111. The molecule has 0 amide bonds. The first kappa shape index (κ1) is 8.76. The van der Waals surface area contributed by atoms with Crippen molar-refractivity contribution in [3.8, 4) is 6.07 Å². The maximum atomic E-state index is 8.53. The van der Waals surface area contributed by atoms with Crippen LogP contribution < -0.4 is 0 Å². The highest BCUT2D eigenvalue weighted by molar-refractivity contribution is 6.31. The summed E-state index contributed by atoms with van der Waals surface area (Å²) in [6, 6.07) is 3.58. The van der Waals surface area contributed by atoms with Crippen molar-refractivity contribution in [2.45, 2.75) is 6.92 Å². The van der Waals surface area contributed by atoms with Crippen molar-refractivity contribution in [3.05, 3.63) is 35.1 Å². The lowest BCUT2D eigenvalue weighted by atomic mass is 10.1. The van der Waals surface area contributed by atoms with E-state index in [4.69, 9.17) is 16.9 Å². The van der Waals surface area contributed by atoms with Gasteiger partial charge in [0.15, 0.2) is 5.69 Å². The van der Waals surface area contributed by atoms with Crippen molar-refractivity contribution in [2.24, 2.45) is 0 Å². The summed E-state index contributed by atoms with van der Waals surface area (Å²) >= 11 is 5.75. The third kappa shape index (κ3) is 1.63. The molecule has 60 valence electrons. The van der Waals surface area contributed by atoms with Crippen molar-refractivity contribution in [3.63, 3.8) is 0 Å². The number of hydrogen-bond donors (Lipinski definition) is 0. The van der Waals surface area contributed by atoms with Crippen LogP contribution in [-0.4, -0.2) is 4.98 Å². The van der Waals surface area contributed by atoms with E-state index in [1.54, 1.807) is 12.3 Å². The molecule has 0 aliphatic heterocycles. The number of hydrogen-bond acceptors (Lipinski definition) is 2. The molecular formula is C9H7ClN2. The zero-order valence-corrected chi connectivity index (χ0v) is 7.39. The summed E-state index contributed by atoms with van der Waals surface area (Å²) in [7, 11) is 0. The fourth-order valence-electron chi connectivity index (χ4n) is 0.754. The van der Waals surface area contributed by atoms with Gasteiger partial charge >= 0.3 is 0 Å². The molecule has 0 saturated carbocycles. The summed E-state index contributed by atoms with van der Waals surface area (Å²) < 4.78 is 0. The topological polar surface area (TPSA) is 36.7 Å². The second-order valence-corrected chi connectivity index (χ2v) is 2.85. The lowest BCUT2D eigenvalue weighted by molar-refractivity contribution is 1.25. The van der Waals surface area contributed by atoms with Gasteiger partial charge in [-0.2, -0.15) is 5.26 Å². The number of nitriles is 1. The second-order valence-electron chi connectivity index (χ2n) is 2.45. The predicted octanol–water partition coefficient (Wildman–Crippen LogP) is 2.64. The quantitative estimate of drug-likeness (QED) is 0.663. The van der Waals surface area contributed by atoms with Crippen molar-refractivity contribution in [1.82, 2.24) is 4.98 Å². The molecule has 0 aliphatic rings. The van der Waals surface area contributed by atoms with Crippen LogP contribution in [0.4, 0.5) is 0 Å². The zero-order valence-electron chi connectivity index (χ0n) is 6.63. The Kier molecular flexibility index (Phi) is 2.47. The van der Waals surface area contributed by atoms with Gasteiger partial charge in [0.25, 0.3) is 0 Å². The standard InChI is InChI=1S/C9H7ClN2/c1-6(2)7-3-8(10)9(4-11)12-5-7/h3,5H,1H2,2H3. The van der Waals surface area contributed by atoms with Crippen LogP contribution in [-0.2, 0) is 0 Å². The molecule has 1 aromatic rings. The molecule has 0 atom stereocenters. The highest BCUT2D eigenvalue weighted by Crippen LogP contribution is 2.18. The Balaban J connectivity index is 3.21. The minimum absolute atomic E-state index is 0.252. The normalized spacial score (nSPS) is 9.08.